The van der Waals surface area contributed by atoms with Crippen LogP contribution in [0.5, 0.6) is 0 Å². The van der Waals surface area contributed by atoms with Crippen LogP contribution in [0.4, 0.5) is 8.78 Å². The standard InChI is InChI=1S/C13H19F2N3/c1-17(2)13(16)9-18(3)8-10-4-5-11(14)7-12(15)6-10/h5-7,9H,4,8,16H2,1-3H3/b13-9-. The topological polar surface area (TPSA) is 32.5 Å². The van der Waals surface area contributed by atoms with Crippen molar-refractivity contribution in [2.24, 2.45) is 5.73 Å². The lowest BCUT2D eigenvalue weighted by molar-refractivity contribution is 0.441. The van der Waals surface area contributed by atoms with Crippen molar-refractivity contribution in [3.8, 4) is 0 Å². The molecule has 0 aromatic rings. The molecule has 1 aliphatic rings. The fraction of sp³-hybridized carbons (Fsp3) is 0.385. The van der Waals surface area contributed by atoms with E-state index in [0.29, 0.717) is 18.8 Å². The first-order chi connectivity index (χ1) is 8.38. The number of allylic oxidation sites excluding steroid dienone is 5. The summed E-state index contributed by atoms with van der Waals surface area (Å²) < 4.78 is 26.2. The van der Waals surface area contributed by atoms with Crippen LogP contribution >= 0.6 is 0 Å². The van der Waals surface area contributed by atoms with Crippen molar-refractivity contribution in [3.05, 3.63) is 47.5 Å². The third-order valence-electron chi connectivity index (χ3n) is 2.50. The van der Waals surface area contributed by atoms with Gasteiger partial charge in [0, 0.05) is 40.0 Å². The maximum absolute atomic E-state index is 13.2. The molecule has 100 valence electrons. The summed E-state index contributed by atoms with van der Waals surface area (Å²) in [6.45, 7) is 0.500. The first-order valence-electron chi connectivity index (χ1n) is 5.65. The molecule has 0 fully saturated rings. The molecule has 0 heterocycles. The number of nitrogens with zero attached hydrogens (tertiary/aromatic N) is 2. The Balaban J connectivity index is 2.69. The Morgan fingerprint density at radius 3 is 2.56 bits per heavy atom. The highest BCUT2D eigenvalue weighted by molar-refractivity contribution is 5.31. The molecule has 2 N–H and O–H groups in total. The summed E-state index contributed by atoms with van der Waals surface area (Å²) in [5.41, 5.74) is 6.56. The first kappa shape index (κ1) is 14.3. The van der Waals surface area contributed by atoms with E-state index in [4.69, 9.17) is 5.73 Å². The number of likely N-dealkylation sites (N-methyl/N-ethyl adjacent to an activating group) is 1. The van der Waals surface area contributed by atoms with Gasteiger partial charge in [0.2, 0.25) is 0 Å². The molecule has 1 aliphatic carbocycles. The van der Waals surface area contributed by atoms with Gasteiger partial charge in [0.1, 0.15) is 17.5 Å². The van der Waals surface area contributed by atoms with Gasteiger partial charge < -0.3 is 15.5 Å². The molecule has 0 amide bonds. The third-order valence-corrected chi connectivity index (χ3v) is 2.50. The molecule has 0 aliphatic heterocycles. The van der Waals surface area contributed by atoms with Crippen LogP contribution in [0.25, 0.3) is 0 Å². The van der Waals surface area contributed by atoms with E-state index in [2.05, 4.69) is 0 Å². The molecule has 0 atom stereocenters. The molecule has 0 aromatic carbocycles. The number of halogens is 2. The molecule has 1 rings (SSSR count). The normalized spacial score (nSPS) is 16.5. The van der Waals surface area contributed by atoms with Gasteiger partial charge in [0.15, 0.2) is 0 Å². The van der Waals surface area contributed by atoms with E-state index in [1.165, 1.54) is 12.2 Å². The Labute approximate surface area is 107 Å². The van der Waals surface area contributed by atoms with Gasteiger partial charge >= 0.3 is 0 Å². The minimum atomic E-state index is -0.561. The highest BCUT2D eigenvalue weighted by atomic mass is 19.1. The minimum absolute atomic E-state index is 0.399. The number of nitrogens with two attached hydrogens (primary N) is 1. The second-order valence-corrected chi connectivity index (χ2v) is 4.49. The maximum Gasteiger partial charge on any atom is 0.126 e. The molecule has 18 heavy (non-hydrogen) atoms. The smallest absolute Gasteiger partial charge is 0.126 e. The SMILES string of the molecule is CN(/C=C(/N)N(C)C)CC1=CC(F)=CC(F)=CC1. The molecular formula is C13H19F2N3. The summed E-state index contributed by atoms with van der Waals surface area (Å²) in [5.74, 6) is -0.497. The predicted molar refractivity (Wildman–Crippen MR) is 69.7 cm³/mol. The van der Waals surface area contributed by atoms with Gasteiger partial charge in [0.25, 0.3) is 0 Å². The molecule has 0 bridgehead atoms. The van der Waals surface area contributed by atoms with E-state index >= 15 is 0 Å². The van der Waals surface area contributed by atoms with Crippen molar-refractivity contribution < 1.29 is 8.78 Å². The zero-order valence-corrected chi connectivity index (χ0v) is 11.0. The van der Waals surface area contributed by atoms with Gasteiger partial charge in [-0.05, 0) is 24.1 Å². The van der Waals surface area contributed by atoms with Crippen LogP contribution in [-0.4, -0.2) is 37.5 Å². The van der Waals surface area contributed by atoms with Crippen LogP contribution in [0.3, 0.4) is 0 Å². The fourth-order valence-corrected chi connectivity index (χ4v) is 1.53. The summed E-state index contributed by atoms with van der Waals surface area (Å²) >= 11 is 0. The lowest BCUT2D eigenvalue weighted by atomic mass is 10.1. The van der Waals surface area contributed by atoms with Crippen LogP contribution in [0.15, 0.2) is 47.5 Å². The second-order valence-electron chi connectivity index (χ2n) is 4.49. The lowest BCUT2D eigenvalue weighted by Crippen LogP contribution is -2.24. The molecule has 5 heteroatoms. The van der Waals surface area contributed by atoms with Crippen molar-refractivity contribution in [3.63, 3.8) is 0 Å². The Kier molecular flexibility index (Phi) is 4.95. The van der Waals surface area contributed by atoms with Crippen LogP contribution in [0.1, 0.15) is 6.42 Å². The Morgan fingerprint density at radius 2 is 1.94 bits per heavy atom. The average molecular weight is 255 g/mol. The molecule has 0 unspecified atom stereocenters. The second kappa shape index (κ2) is 6.23. The van der Waals surface area contributed by atoms with Gasteiger partial charge in [0.05, 0.1) is 0 Å². The zero-order chi connectivity index (χ0) is 13.7. The van der Waals surface area contributed by atoms with Crippen LogP contribution in [-0.2, 0) is 0 Å². The quantitative estimate of drug-likeness (QED) is 0.836. The maximum atomic E-state index is 13.2. The lowest BCUT2D eigenvalue weighted by Gasteiger charge is -2.19. The fourth-order valence-electron chi connectivity index (χ4n) is 1.53. The zero-order valence-electron chi connectivity index (χ0n) is 11.0. The largest absolute Gasteiger partial charge is 0.384 e. The monoisotopic (exact) mass is 255 g/mol. The van der Waals surface area contributed by atoms with E-state index in [1.54, 1.807) is 11.1 Å². The van der Waals surface area contributed by atoms with Crippen LogP contribution in [0, 0.1) is 0 Å². The van der Waals surface area contributed by atoms with E-state index in [0.717, 1.165) is 11.6 Å². The Morgan fingerprint density at radius 1 is 1.28 bits per heavy atom. The highest BCUT2D eigenvalue weighted by Gasteiger charge is 2.07. The van der Waals surface area contributed by atoms with Crippen molar-refractivity contribution in [1.29, 1.82) is 0 Å². The van der Waals surface area contributed by atoms with Crippen molar-refractivity contribution in [1.82, 2.24) is 9.80 Å². The molecule has 0 saturated carbocycles. The number of rotatable bonds is 4. The van der Waals surface area contributed by atoms with E-state index in [1.807, 2.05) is 26.0 Å². The van der Waals surface area contributed by atoms with Gasteiger partial charge in [-0.3, -0.25) is 0 Å². The Hall–Kier alpha value is -1.78. The summed E-state index contributed by atoms with van der Waals surface area (Å²) in [7, 11) is 5.51. The van der Waals surface area contributed by atoms with Gasteiger partial charge in [-0.25, -0.2) is 8.78 Å². The summed E-state index contributed by atoms with van der Waals surface area (Å²) in [5, 5.41) is 0. The van der Waals surface area contributed by atoms with Crippen molar-refractivity contribution >= 4 is 0 Å². The minimum Gasteiger partial charge on any atom is -0.384 e. The Bertz CT molecular complexity index is 420. The van der Waals surface area contributed by atoms with Crippen LogP contribution < -0.4 is 5.73 Å². The molecule has 0 saturated heterocycles. The van der Waals surface area contributed by atoms with Gasteiger partial charge in [-0.2, -0.15) is 0 Å². The van der Waals surface area contributed by atoms with Gasteiger partial charge in [-0.1, -0.05) is 0 Å². The van der Waals surface area contributed by atoms with E-state index in [9.17, 15) is 8.78 Å². The first-order valence-corrected chi connectivity index (χ1v) is 5.65. The number of hydrogen-bond acceptors (Lipinski definition) is 3. The van der Waals surface area contributed by atoms with E-state index < -0.39 is 11.7 Å². The average Bonchev–Trinajstić information content (AvgIpc) is 2.39. The van der Waals surface area contributed by atoms with Crippen molar-refractivity contribution in [2.75, 3.05) is 27.7 Å². The summed E-state index contributed by atoms with van der Waals surface area (Å²) in [4.78, 5) is 3.61. The molecular weight excluding hydrogens is 236 g/mol. The van der Waals surface area contributed by atoms with Crippen molar-refractivity contribution in [2.45, 2.75) is 6.42 Å². The summed E-state index contributed by atoms with van der Waals surface area (Å²) in [6.07, 6.45) is 5.77. The summed E-state index contributed by atoms with van der Waals surface area (Å²) in [6, 6.07) is 0. The molecule has 0 radical (unpaired) electrons. The predicted octanol–water partition coefficient (Wildman–Crippen LogP) is 2.27. The number of hydrogen-bond donors (Lipinski definition) is 1. The third kappa shape index (κ3) is 4.61. The van der Waals surface area contributed by atoms with E-state index in [-0.39, 0.29) is 0 Å². The molecule has 0 aromatic heterocycles. The molecule has 0 spiro atoms. The molecule has 3 nitrogen and oxygen atoms in total. The van der Waals surface area contributed by atoms with Crippen LogP contribution in [0.2, 0.25) is 0 Å². The highest BCUT2D eigenvalue weighted by Crippen LogP contribution is 2.18. The van der Waals surface area contributed by atoms with Gasteiger partial charge in [-0.15, -0.1) is 0 Å².